The minimum absolute atomic E-state index is 0.413. The Morgan fingerprint density at radius 1 is 1.05 bits per heavy atom. The molecule has 3 rings (SSSR count). The summed E-state index contributed by atoms with van der Waals surface area (Å²) in [5.74, 6) is 0. The van der Waals surface area contributed by atoms with Crippen LogP contribution in [-0.2, 0) is 4.74 Å². The number of benzene rings is 1. The zero-order valence-corrected chi connectivity index (χ0v) is 12.7. The van der Waals surface area contributed by atoms with Crippen LogP contribution in [0.5, 0.6) is 0 Å². The summed E-state index contributed by atoms with van der Waals surface area (Å²) in [6.45, 7) is 9.69. The van der Waals surface area contributed by atoms with E-state index in [0.717, 1.165) is 19.8 Å². The highest BCUT2D eigenvalue weighted by molar-refractivity contribution is 5.48. The molecule has 3 nitrogen and oxygen atoms in total. The van der Waals surface area contributed by atoms with Crippen molar-refractivity contribution in [3.8, 4) is 0 Å². The zero-order valence-electron chi connectivity index (χ0n) is 12.7. The van der Waals surface area contributed by atoms with Crippen LogP contribution in [0.3, 0.4) is 0 Å². The topological polar surface area (TPSA) is 15.7 Å². The third-order valence-electron chi connectivity index (χ3n) is 4.58. The lowest BCUT2D eigenvalue weighted by Crippen LogP contribution is -2.43. The van der Waals surface area contributed by atoms with Crippen molar-refractivity contribution in [3.63, 3.8) is 0 Å². The molecule has 0 N–H and O–H groups in total. The van der Waals surface area contributed by atoms with Gasteiger partial charge in [-0.1, -0.05) is 12.1 Å². The Morgan fingerprint density at radius 3 is 2.40 bits per heavy atom. The van der Waals surface area contributed by atoms with Crippen molar-refractivity contribution in [2.45, 2.75) is 38.8 Å². The van der Waals surface area contributed by atoms with E-state index < -0.39 is 0 Å². The van der Waals surface area contributed by atoms with Gasteiger partial charge < -0.3 is 9.64 Å². The summed E-state index contributed by atoms with van der Waals surface area (Å²) in [7, 11) is 0. The summed E-state index contributed by atoms with van der Waals surface area (Å²) in [5, 5.41) is 0. The molecule has 1 aromatic rings. The van der Waals surface area contributed by atoms with E-state index >= 15 is 0 Å². The van der Waals surface area contributed by atoms with E-state index in [1.165, 1.54) is 37.2 Å². The summed E-state index contributed by atoms with van der Waals surface area (Å²) in [6, 6.07) is 10.1. The third-order valence-corrected chi connectivity index (χ3v) is 4.58. The van der Waals surface area contributed by atoms with Crippen LogP contribution in [-0.4, -0.2) is 43.8 Å². The highest BCUT2D eigenvalue weighted by Crippen LogP contribution is 2.28. The lowest BCUT2D eigenvalue weighted by molar-refractivity contribution is -0.0233. The summed E-state index contributed by atoms with van der Waals surface area (Å²) in [6.07, 6.45) is 2.67. The molecule has 2 heterocycles. The molecule has 0 radical (unpaired) electrons. The van der Waals surface area contributed by atoms with Gasteiger partial charge in [0.2, 0.25) is 0 Å². The van der Waals surface area contributed by atoms with Gasteiger partial charge in [0.05, 0.1) is 19.3 Å². The number of ether oxygens (including phenoxy) is 1. The van der Waals surface area contributed by atoms with E-state index in [0.29, 0.717) is 12.1 Å². The largest absolute Gasteiger partial charge is 0.378 e. The fourth-order valence-electron chi connectivity index (χ4n) is 3.40. The van der Waals surface area contributed by atoms with Gasteiger partial charge in [-0.2, -0.15) is 0 Å². The van der Waals surface area contributed by atoms with Crippen LogP contribution in [0.2, 0.25) is 0 Å². The highest BCUT2D eigenvalue weighted by Gasteiger charge is 2.26. The maximum Gasteiger partial charge on any atom is 0.0664 e. The smallest absolute Gasteiger partial charge is 0.0664 e. The first-order valence-corrected chi connectivity index (χ1v) is 7.94. The normalized spacial score (nSPS) is 24.6. The van der Waals surface area contributed by atoms with Crippen LogP contribution < -0.4 is 4.90 Å². The second kappa shape index (κ2) is 6.15. The molecule has 0 amide bonds. The highest BCUT2D eigenvalue weighted by atomic mass is 16.5. The van der Waals surface area contributed by atoms with Crippen LogP contribution in [0, 0.1) is 0 Å². The van der Waals surface area contributed by atoms with E-state index in [-0.39, 0.29) is 0 Å². The Balaban J connectivity index is 1.75. The van der Waals surface area contributed by atoms with Crippen LogP contribution in [0.15, 0.2) is 24.3 Å². The van der Waals surface area contributed by atoms with Crippen molar-refractivity contribution in [1.29, 1.82) is 0 Å². The van der Waals surface area contributed by atoms with Crippen molar-refractivity contribution in [3.05, 3.63) is 29.8 Å². The number of hydrogen-bond acceptors (Lipinski definition) is 3. The van der Waals surface area contributed by atoms with Crippen LogP contribution in [0.25, 0.3) is 0 Å². The van der Waals surface area contributed by atoms with Gasteiger partial charge in [-0.25, -0.2) is 0 Å². The Morgan fingerprint density at radius 2 is 1.75 bits per heavy atom. The Hall–Kier alpha value is -1.06. The van der Waals surface area contributed by atoms with Gasteiger partial charge in [0.1, 0.15) is 0 Å². The SMILES string of the molecule is CC(C)N1CCOCC1c1ccc(N2CCCC2)cc1. The van der Waals surface area contributed by atoms with E-state index in [1.807, 2.05) is 0 Å². The summed E-state index contributed by atoms with van der Waals surface area (Å²) < 4.78 is 5.69. The first-order valence-electron chi connectivity index (χ1n) is 7.94. The molecule has 20 heavy (non-hydrogen) atoms. The lowest BCUT2D eigenvalue weighted by atomic mass is 10.0. The first kappa shape index (κ1) is 13.9. The minimum Gasteiger partial charge on any atom is -0.378 e. The van der Waals surface area contributed by atoms with Gasteiger partial charge in [-0.3, -0.25) is 4.90 Å². The molecule has 110 valence electrons. The quantitative estimate of drug-likeness (QED) is 0.842. The molecule has 2 saturated heterocycles. The molecule has 1 unspecified atom stereocenters. The van der Waals surface area contributed by atoms with E-state index in [2.05, 4.69) is 47.9 Å². The first-order chi connectivity index (χ1) is 9.75. The third kappa shape index (κ3) is 2.84. The van der Waals surface area contributed by atoms with Crippen molar-refractivity contribution in [2.24, 2.45) is 0 Å². The lowest BCUT2D eigenvalue weighted by Gasteiger charge is -2.38. The van der Waals surface area contributed by atoms with Crippen LogP contribution >= 0.6 is 0 Å². The maximum atomic E-state index is 5.69. The monoisotopic (exact) mass is 274 g/mol. The second-order valence-electron chi connectivity index (χ2n) is 6.21. The van der Waals surface area contributed by atoms with Gasteiger partial charge in [-0.15, -0.1) is 0 Å². The molecule has 2 fully saturated rings. The number of morpholine rings is 1. The molecule has 1 atom stereocenters. The van der Waals surface area contributed by atoms with Crippen LogP contribution in [0.1, 0.15) is 38.3 Å². The Kier molecular flexibility index (Phi) is 4.27. The fraction of sp³-hybridized carbons (Fsp3) is 0.647. The summed E-state index contributed by atoms with van der Waals surface area (Å²) in [5.41, 5.74) is 2.76. The predicted octanol–water partition coefficient (Wildman–Crippen LogP) is 3.07. The van der Waals surface area contributed by atoms with Crippen molar-refractivity contribution < 1.29 is 4.74 Å². The fourth-order valence-corrected chi connectivity index (χ4v) is 3.40. The zero-order chi connectivity index (χ0) is 13.9. The minimum atomic E-state index is 0.413. The average Bonchev–Trinajstić information content (AvgIpc) is 3.02. The van der Waals surface area contributed by atoms with E-state index in [9.17, 15) is 0 Å². The Bertz CT molecular complexity index is 423. The van der Waals surface area contributed by atoms with E-state index in [1.54, 1.807) is 0 Å². The molecular weight excluding hydrogens is 248 g/mol. The van der Waals surface area contributed by atoms with Crippen molar-refractivity contribution >= 4 is 5.69 Å². The predicted molar refractivity (Wildman–Crippen MR) is 83.3 cm³/mol. The summed E-state index contributed by atoms with van der Waals surface area (Å²) >= 11 is 0. The molecule has 0 bridgehead atoms. The number of rotatable bonds is 3. The number of anilines is 1. The van der Waals surface area contributed by atoms with Gasteiger partial charge in [0.15, 0.2) is 0 Å². The molecule has 0 spiro atoms. The summed E-state index contributed by atoms with van der Waals surface area (Å²) in [4.78, 5) is 5.04. The van der Waals surface area contributed by atoms with Gasteiger partial charge >= 0.3 is 0 Å². The molecule has 2 aliphatic heterocycles. The Labute approximate surface area is 122 Å². The van der Waals surface area contributed by atoms with Crippen molar-refractivity contribution in [1.82, 2.24) is 4.90 Å². The standard InChI is InChI=1S/C17H26N2O/c1-14(2)19-11-12-20-13-17(19)15-5-7-16(8-6-15)18-9-3-4-10-18/h5-8,14,17H,3-4,9-13H2,1-2H3. The van der Waals surface area contributed by atoms with E-state index in [4.69, 9.17) is 4.74 Å². The average molecular weight is 274 g/mol. The van der Waals surface area contributed by atoms with Gasteiger partial charge in [0, 0.05) is 31.4 Å². The van der Waals surface area contributed by atoms with Gasteiger partial charge in [0.25, 0.3) is 0 Å². The molecule has 3 heteroatoms. The molecular formula is C17H26N2O. The molecule has 2 aliphatic rings. The van der Waals surface area contributed by atoms with Crippen LogP contribution in [0.4, 0.5) is 5.69 Å². The molecule has 0 saturated carbocycles. The number of hydrogen-bond donors (Lipinski definition) is 0. The molecule has 0 aromatic heterocycles. The second-order valence-corrected chi connectivity index (χ2v) is 6.21. The maximum absolute atomic E-state index is 5.69. The molecule has 0 aliphatic carbocycles. The number of nitrogens with zero attached hydrogens (tertiary/aromatic N) is 2. The van der Waals surface area contributed by atoms with Crippen molar-refractivity contribution in [2.75, 3.05) is 37.7 Å². The molecule has 1 aromatic carbocycles. The van der Waals surface area contributed by atoms with Gasteiger partial charge in [-0.05, 0) is 44.4 Å².